The van der Waals surface area contributed by atoms with Gasteiger partial charge in [-0.1, -0.05) is 24.3 Å². The van der Waals surface area contributed by atoms with E-state index in [-0.39, 0.29) is 10.8 Å². The van der Waals surface area contributed by atoms with Crippen molar-refractivity contribution in [2.24, 2.45) is 0 Å². The van der Waals surface area contributed by atoms with E-state index in [0.29, 0.717) is 22.4 Å². The predicted molar refractivity (Wildman–Crippen MR) is 106 cm³/mol. The van der Waals surface area contributed by atoms with E-state index in [1.807, 2.05) is 30.3 Å². The molecular weight excluding hydrogens is 362 g/mol. The minimum atomic E-state index is -3.39. The number of aryl methyl sites for hydroxylation is 1. The summed E-state index contributed by atoms with van der Waals surface area (Å²) in [6.07, 6.45) is 1.12. The minimum absolute atomic E-state index is 0.117. The number of sulfone groups is 1. The van der Waals surface area contributed by atoms with Gasteiger partial charge in [-0.3, -0.25) is 4.79 Å². The van der Waals surface area contributed by atoms with Crippen LogP contribution in [0.15, 0.2) is 70.0 Å². The molecule has 0 bridgehead atoms. The first-order chi connectivity index (χ1) is 12.8. The van der Waals surface area contributed by atoms with E-state index in [0.717, 1.165) is 22.6 Å². The van der Waals surface area contributed by atoms with Gasteiger partial charge in [-0.05, 0) is 42.8 Å². The lowest BCUT2D eigenvalue weighted by Crippen LogP contribution is -2.14. The standard InChI is InChI=1S/C21H17NO4S/c1-13-7-9-15(27(2,24)25)12-18(13)21(23)22-14-8-10-17-16-5-3-4-6-19(16)26-20(17)11-14/h3-12H,1-2H3,(H,22,23). The van der Waals surface area contributed by atoms with Crippen LogP contribution in [-0.2, 0) is 9.84 Å². The number of furan rings is 1. The normalized spacial score (nSPS) is 11.8. The van der Waals surface area contributed by atoms with Crippen LogP contribution >= 0.6 is 0 Å². The van der Waals surface area contributed by atoms with Gasteiger partial charge in [-0.15, -0.1) is 0 Å². The number of anilines is 1. The van der Waals surface area contributed by atoms with E-state index >= 15 is 0 Å². The number of hydrogen-bond acceptors (Lipinski definition) is 4. The molecule has 0 aliphatic heterocycles. The second-order valence-corrected chi connectivity index (χ2v) is 8.53. The van der Waals surface area contributed by atoms with Gasteiger partial charge < -0.3 is 9.73 Å². The molecule has 0 spiro atoms. The summed E-state index contributed by atoms with van der Waals surface area (Å²) in [6, 6.07) is 17.7. The highest BCUT2D eigenvalue weighted by molar-refractivity contribution is 7.90. The van der Waals surface area contributed by atoms with Gasteiger partial charge in [0, 0.05) is 34.3 Å². The van der Waals surface area contributed by atoms with Crippen molar-refractivity contribution < 1.29 is 17.6 Å². The molecule has 27 heavy (non-hydrogen) atoms. The van der Waals surface area contributed by atoms with Gasteiger partial charge in [-0.2, -0.15) is 0 Å². The Morgan fingerprint density at radius 3 is 2.44 bits per heavy atom. The van der Waals surface area contributed by atoms with E-state index in [1.165, 1.54) is 12.1 Å². The summed E-state index contributed by atoms with van der Waals surface area (Å²) in [5.41, 5.74) is 3.06. The maximum Gasteiger partial charge on any atom is 0.255 e. The number of amides is 1. The summed E-state index contributed by atoms with van der Waals surface area (Å²) >= 11 is 0. The minimum Gasteiger partial charge on any atom is -0.456 e. The second kappa shape index (κ2) is 6.25. The molecule has 6 heteroatoms. The molecule has 0 saturated carbocycles. The van der Waals surface area contributed by atoms with Crippen LogP contribution in [0.1, 0.15) is 15.9 Å². The lowest BCUT2D eigenvalue weighted by atomic mass is 10.1. The van der Waals surface area contributed by atoms with Crippen molar-refractivity contribution in [3.8, 4) is 0 Å². The Hall–Kier alpha value is -3.12. The van der Waals surface area contributed by atoms with Crippen molar-refractivity contribution in [3.63, 3.8) is 0 Å². The summed E-state index contributed by atoms with van der Waals surface area (Å²) in [7, 11) is -3.39. The molecule has 0 atom stereocenters. The summed E-state index contributed by atoms with van der Waals surface area (Å²) < 4.78 is 29.4. The first kappa shape index (κ1) is 17.3. The summed E-state index contributed by atoms with van der Waals surface area (Å²) in [4.78, 5) is 12.8. The first-order valence-corrected chi connectivity index (χ1v) is 10.3. The molecule has 5 nitrogen and oxygen atoms in total. The molecule has 136 valence electrons. The smallest absolute Gasteiger partial charge is 0.255 e. The fourth-order valence-electron chi connectivity index (χ4n) is 3.08. The molecule has 1 N–H and O–H groups in total. The highest BCUT2D eigenvalue weighted by Crippen LogP contribution is 2.30. The third-order valence-corrected chi connectivity index (χ3v) is 5.63. The predicted octanol–water partition coefficient (Wildman–Crippen LogP) is 4.55. The van der Waals surface area contributed by atoms with Crippen LogP contribution in [-0.4, -0.2) is 20.6 Å². The molecule has 0 unspecified atom stereocenters. The highest BCUT2D eigenvalue weighted by Gasteiger charge is 2.15. The molecule has 1 aromatic heterocycles. The van der Waals surface area contributed by atoms with E-state index in [4.69, 9.17) is 4.42 Å². The van der Waals surface area contributed by atoms with Crippen molar-refractivity contribution in [2.45, 2.75) is 11.8 Å². The van der Waals surface area contributed by atoms with Gasteiger partial charge in [0.2, 0.25) is 0 Å². The van der Waals surface area contributed by atoms with Crippen LogP contribution < -0.4 is 5.32 Å². The van der Waals surface area contributed by atoms with Crippen LogP contribution in [0.4, 0.5) is 5.69 Å². The van der Waals surface area contributed by atoms with Crippen molar-refractivity contribution in [1.29, 1.82) is 0 Å². The summed E-state index contributed by atoms with van der Waals surface area (Å²) in [5, 5.41) is 4.81. The molecule has 3 aromatic carbocycles. The SMILES string of the molecule is Cc1ccc(S(C)(=O)=O)cc1C(=O)Nc1ccc2c(c1)oc1ccccc12. The van der Waals surface area contributed by atoms with Crippen LogP contribution in [0.3, 0.4) is 0 Å². The number of rotatable bonds is 3. The van der Waals surface area contributed by atoms with Crippen molar-refractivity contribution in [3.05, 3.63) is 71.8 Å². The molecule has 0 aliphatic rings. The zero-order chi connectivity index (χ0) is 19.2. The molecule has 4 aromatic rings. The molecule has 0 saturated heterocycles. The largest absolute Gasteiger partial charge is 0.456 e. The van der Waals surface area contributed by atoms with Crippen molar-refractivity contribution in [2.75, 3.05) is 11.6 Å². The zero-order valence-electron chi connectivity index (χ0n) is 14.8. The Labute approximate surface area is 156 Å². The Morgan fingerprint density at radius 2 is 1.67 bits per heavy atom. The summed E-state index contributed by atoms with van der Waals surface area (Å²) in [6.45, 7) is 1.77. The van der Waals surface area contributed by atoms with Gasteiger partial charge in [0.15, 0.2) is 9.84 Å². The van der Waals surface area contributed by atoms with Crippen LogP contribution in [0, 0.1) is 6.92 Å². The molecule has 0 radical (unpaired) electrons. The average Bonchev–Trinajstić information content (AvgIpc) is 2.98. The molecule has 0 aliphatic carbocycles. The number of nitrogens with one attached hydrogen (secondary N) is 1. The lowest BCUT2D eigenvalue weighted by molar-refractivity contribution is 0.102. The lowest BCUT2D eigenvalue weighted by Gasteiger charge is -2.09. The maximum absolute atomic E-state index is 12.7. The third-order valence-electron chi connectivity index (χ3n) is 4.52. The highest BCUT2D eigenvalue weighted by atomic mass is 32.2. The van der Waals surface area contributed by atoms with E-state index < -0.39 is 9.84 Å². The fourth-order valence-corrected chi connectivity index (χ4v) is 3.73. The van der Waals surface area contributed by atoms with Gasteiger partial charge in [0.1, 0.15) is 11.2 Å². The van der Waals surface area contributed by atoms with Gasteiger partial charge >= 0.3 is 0 Å². The quantitative estimate of drug-likeness (QED) is 0.566. The number of carbonyl (C=O) groups is 1. The monoisotopic (exact) mass is 379 g/mol. The topological polar surface area (TPSA) is 76.4 Å². The summed E-state index contributed by atoms with van der Waals surface area (Å²) in [5.74, 6) is -0.367. The Morgan fingerprint density at radius 1 is 0.926 bits per heavy atom. The molecular formula is C21H17NO4S. The number of benzene rings is 3. The van der Waals surface area contributed by atoms with Crippen LogP contribution in [0.5, 0.6) is 0 Å². The Balaban J connectivity index is 1.70. The van der Waals surface area contributed by atoms with E-state index in [2.05, 4.69) is 5.32 Å². The number of fused-ring (bicyclic) bond motifs is 3. The van der Waals surface area contributed by atoms with E-state index in [9.17, 15) is 13.2 Å². The fraction of sp³-hybridized carbons (Fsp3) is 0.0952. The zero-order valence-corrected chi connectivity index (χ0v) is 15.6. The second-order valence-electron chi connectivity index (χ2n) is 6.51. The van der Waals surface area contributed by atoms with Gasteiger partial charge in [-0.25, -0.2) is 8.42 Å². The Kier molecular flexibility index (Phi) is 4.00. The molecule has 1 heterocycles. The average molecular weight is 379 g/mol. The number of hydrogen-bond donors (Lipinski definition) is 1. The molecule has 4 rings (SSSR count). The van der Waals surface area contributed by atoms with Crippen LogP contribution in [0.25, 0.3) is 21.9 Å². The van der Waals surface area contributed by atoms with Crippen LogP contribution in [0.2, 0.25) is 0 Å². The van der Waals surface area contributed by atoms with E-state index in [1.54, 1.807) is 25.1 Å². The third kappa shape index (κ3) is 3.19. The Bertz CT molecular complexity index is 1300. The van der Waals surface area contributed by atoms with Gasteiger partial charge in [0.25, 0.3) is 5.91 Å². The molecule has 1 amide bonds. The van der Waals surface area contributed by atoms with Crippen molar-refractivity contribution >= 4 is 43.4 Å². The number of para-hydroxylation sites is 1. The van der Waals surface area contributed by atoms with Crippen molar-refractivity contribution in [1.82, 2.24) is 0 Å². The molecule has 0 fully saturated rings. The maximum atomic E-state index is 12.7. The first-order valence-electron chi connectivity index (χ1n) is 8.36. The van der Waals surface area contributed by atoms with Gasteiger partial charge in [0.05, 0.1) is 4.90 Å². The number of carbonyl (C=O) groups excluding carboxylic acids is 1.